The normalized spacial score (nSPS) is 16.1. The molecule has 0 spiro atoms. The molecular formula is C29H23N3O2S. The van der Waals surface area contributed by atoms with Gasteiger partial charge in [-0.25, -0.2) is 0 Å². The summed E-state index contributed by atoms with van der Waals surface area (Å²) in [5, 5.41) is 9.18. The van der Waals surface area contributed by atoms with E-state index in [1.165, 1.54) is 11.8 Å². The molecule has 35 heavy (non-hydrogen) atoms. The molecule has 0 bridgehead atoms. The maximum absolute atomic E-state index is 13.3. The Labute approximate surface area is 208 Å². The van der Waals surface area contributed by atoms with Crippen LogP contribution in [0.3, 0.4) is 0 Å². The zero-order valence-corrected chi connectivity index (χ0v) is 20.0. The smallest absolute Gasteiger partial charge is 0.267 e. The number of hydrogen-bond acceptors (Lipinski definition) is 5. The monoisotopic (exact) mass is 477 g/mol. The second kappa shape index (κ2) is 10.4. The lowest BCUT2D eigenvalue weighted by Crippen LogP contribution is -2.28. The van der Waals surface area contributed by atoms with Crippen molar-refractivity contribution >= 4 is 35.1 Å². The van der Waals surface area contributed by atoms with Crippen molar-refractivity contribution in [3.63, 3.8) is 0 Å². The highest BCUT2D eigenvalue weighted by Crippen LogP contribution is 2.34. The first-order valence-electron chi connectivity index (χ1n) is 11.2. The molecular weight excluding hydrogens is 454 g/mol. The maximum Gasteiger partial charge on any atom is 0.267 e. The van der Waals surface area contributed by atoms with E-state index in [9.17, 15) is 4.79 Å². The summed E-state index contributed by atoms with van der Waals surface area (Å²) in [6.45, 7) is 2.32. The molecule has 1 aliphatic rings. The minimum absolute atomic E-state index is 0.122. The summed E-state index contributed by atoms with van der Waals surface area (Å²) in [5.41, 5.74) is 5.33. The van der Waals surface area contributed by atoms with Crippen molar-refractivity contribution < 1.29 is 9.21 Å². The zero-order chi connectivity index (χ0) is 24.0. The number of nitrogens with zero attached hydrogens (tertiary/aromatic N) is 3. The third-order valence-corrected chi connectivity index (χ3v) is 6.62. The van der Waals surface area contributed by atoms with Crippen LogP contribution in [0, 0.1) is 6.92 Å². The van der Waals surface area contributed by atoms with Crippen molar-refractivity contribution in [3.05, 3.63) is 125 Å². The molecule has 0 unspecified atom stereocenters. The van der Waals surface area contributed by atoms with Gasteiger partial charge in [0, 0.05) is 0 Å². The largest absolute Gasteiger partial charge is 0.467 e. The topological polar surface area (TPSA) is 58.2 Å². The number of carbonyl (C=O) groups is 1. The fourth-order valence-corrected chi connectivity index (χ4v) is 4.64. The van der Waals surface area contributed by atoms with Crippen LogP contribution in [-0.2, 0) is 11.3 Å². The first-order valence-corrected chi connectivity index (χ1v) is 12.0. The number of aryl methyl sites for hydroxylation is 1. The number of thioether (sulfide) groups is 1. The number of furan rings is 1. The summed E-state index contributed by atoms with van der Waals surface area (Å²) in [5.74, 6) is 0.561. The van der Waals surface area contributed by atoms with E-state index >= 15 is 0 Å². The van der Waals surface area contributed by atoms with Crippen LogP contribution in [-0.4, -0.2) is 22.2 Å². The molecule has 0 atom stereocenters. The van der Waals surface area contributed by atoms with Crippen LogP contribution < -0.4 is 0 Å². The Hall–Kier alpha value is -4.16. The van der Waals surface area contributed by atoms with E-state index in [1.54, 1.807) is 23.4 Å². The maximum atomic E-state index is 13.3. The first kappa shape index (κ1) is 22.6. The summed E-state index contributed by atoms with van der Waals surface area (Å²) in [6, 6.07) is 30.0. The van der Waals surface area contributed by atoms with Gasteiger partial charge in [0.15, 0.2) is 5.17 Å². The fraction of sp³-hybridized carbons (Fsp3) is 0.0690. The molecule has 0 N–H and O–H groups in total. The molecule has 2 heterocycles. The van der Waals surface area contributed by atoms with E-state index < -0.39 is 0 Å². The van der Waals surface area contributed by atoms with Crippen molar-refractivity contribution in [2.24, 2.45) is 10.2 Å². The van der Waals surface area contributed by atoms with E-state index in [4.69, 9.17) is 4.42 Å². The van der Waals surface area contributed by atoms with Gasteiger partial charge >= 0.3 is 0 Å². The van der Waals surface area contributed by atoms with Gasteiger partial charge in [0.05, 0.1) is 23.9 Å². The van der Waals surface area contributed by atoms with Gasteiger partial charge < -0.3 is 4.42 Å². The van der Waals surface area contributed by atoms with E-state index in [0.717, 1.165) is 27.8 Å². The molecule has 1 amide bonds. The lowest BCUT2D eigenvalue weighted by atomic mass is 10.0. The second-order valence-corrected chi connectivity index (χ2v) is 9.06. The standard InChI is InChI=1S/C29H23N3O2S/c1-21-8-5-6-11-25(21)19-30-31-29-32(20-26-12-7-17-34-26)28(33)27(35-29)18-22-13-15-24(16-14-22)23-9-3-2-4-10-23/h2-19H,20H2,1H3/b27-18-,30-19-,31-29+. The Morgan fingerprint density at radius 3 is 2.37 bits per heavy atom. The number of amides is 1. The Balaban J connectivity index is 1.41. The molecule has 1 saturated heterocycles. The SMILES string of the molecule is Cc1ccccc1/C=N\N=C1\S/C(=C\c2ccc(-c3ccccc3)cc2)C(=O)N1Cc1ccco1. The van der Waals surface area contributed by atoms with Crippen LogP contribution in [0.15, 0.2) is 117 Å². The molecule has 4 aromatic rings. The third-order valence-electron chi connectivity index (χ3n) is 5.63. The summed E-state index contributed by atoms with van der Waals surface area (Å²) < 4.78 is 5.47. The van der Waals surface area contributed by atoms with Gasteiger partial charge in [-0.1, -0.05) is 78.9 Å². The zero-order valence-electron chi connectivity index (χ0n) is 19.2. The second-order valence-electron chi connectivity index (χ2n) is 8.05. The van der Waals surface area contributed by atoms with Crippen LogP contribution in [0.1, 0.15) is 22.5 Å². The van der Waals surface area contributed by atoms with E-state index in [0.29, 0.717) is 22.4 Å². The van der Waals surface area contributed by atoms with E-state index in [2.05, 4.69) is 34.5 Å². The number of amidine groups is 1. The summed E-state index contributed by atoms with van der Waals surface area (Å²) in [7, 11) is 0. The van der Waals surface area contributed by atoms with Gasteiger partial charge in [-0.2, -0.15) is 5.10 Å². The number of rotatable bonds is 6. The summed E-state index contributed by atoms with van der Waals surface area (Å²) in [6.07, 6.45) is 5.20. The predicted octanol–water partition coefficient (Wildman–Crippen LogP) is 6.76. The molecule has 1 aromatic heterocycles. The highest BCUT2D eigenvalue weighted by Gasteiger charge is 2.34. The molecule has 1 aliphatic heterocycles. The van der Waals surface area contributed by atoms with Crippen LogP contribution in [0.25, 0.3) is 17.2 Å². The lowest BCUT2D eigenvalue weighted by Gasteiger charge is -2.12. The predicted molar refractivity (Wildman–Crippen MR) is 143 cm³/mol. The van der Waals surface area contributed by atoms with Crippen LogP contribution in [0.5, 0.6) is 0 Å². The van der Waals surface area contributed by atoms with Gasteiger partial charge in [0.25, 0.3) is 5.91 Å². The van der Waals surface area contributed by atoms with Crippen LogP contribution >= 0.6 is 11.8 Å². The van der Waals surface area contributed by atoms with Crippen LogP contribution in [0.4, 0.5) is 0 Å². The first-order chi connectivity index (χ1) is 17.2. The summed E-state index contributed by atoms with van der Waals surface area (Å²) >= 11 is 1.32. The average molecular weight is 478 g/mol. The van der Waals surface area contributed by atoms with Crippen molar-refractivity contribution in [2.75, 3.05) is 0 Å². The Bertz CT molecular complexity index is 1410. The number of hydrogen-bond donors (Lipinski definition) is 0. The fourth-order valence-electron chi connectivity index (χ4n) is 3.71. The molecule has 172 valence electrons. The average Bonchev–Trinajstić information content (AvgIpc) is 3.51. The molecule has 6 heteroatoms. The van der Waals surface area contributed by atoms with Crippen molar-refractivity contribution in [1.29, 1.82) is 0 Å². The van der Waals surface area contributed by atoms with Gasteiger partial charge in [0.1, 0.15) is 5.76 Å². The highest BCUT2D eigenvalue weighted by atomic mass is 32.2. The summed E-state index contributed by atoms with van der Waals surface area (Å²) in [4.78, 5) is 15.5. The highest BCUT2D eigenvalue weighted by molar-refractivity contribution is 8.18. The molecule has 0 radical (unpaired) electrons. The van der Waals surface area contributed by atoms with Crippen LogP contribution in [0.2, 0.25) is 0 Å². The lowest BCUT2D eigenvalue weighted by molar-refractivity contribution is -0.122. The molecule has 0 saturated carbocycles. The Morgan fingerprint density at radius 1 is 0.886 bits per heavy atom. The Kier molecular flexibility index (Phi) is 6.73. The molecule has 3 aromatic carbocycles. The van der Waals surface area contributed by atoms with Gasteiger partial charge in [-0.3, -0.25) is 9.69 Å². The minimum atomic E-state index is -0.122. The quantitative estimate of drug-likeness (QED) is 0.175. The molecule has 5 rings (SSSR count). The Morgan fingerprint density at radius 2 is 1.63 bits per heavy atom. The number of carbonyl (C=O) groups excluding carboxylic acids is 1. The number of benzene rings is 3. The molecule has 0 aliphatic carbocycles. The third kappa shape index (κ3) is 5.34. The van der Waals surface area contributed by atoms with Crippen molar-refractivity contribution in [3.8, 4) is 11.1 Å². The van der Waals surface area contributed by atoms with E-state index in [-0.39, 0.29) is 5.91 Å². The van der Waals surface area contributed by atoms with Crippen molar-refractivity contribution in [2.45, 2.75) is 13.5 Å². The van der Waals surface area contributed by atoms with Gasteiger partial charge in [-0.15, -0.1) is 5.10 Å². The van der Waals surface area contributed by atoms with Crippen molar-refractivity contribution in [1.82, 2.24) is 4.90 Å². The van der Waals surface area contributed by atoms with Gasteiger partial charge in [-0.05, 0) is 64.7 Å². The minimum Gasteiger partial charge on any atom is -0.467 e. The molecule has 5 nitrogen and oxygen atoms in total. The van der Waals surface area contributed by atoms with Gasteiger partial charge in [0.2, 0.25) is 0 Å². The molecule has 1 fully saturated rings. The van der Waals surface area contributed by atoms with E-state index in [1.807, 2.05) is 73.7 Å².